The second-order valence-corrected chi connectivity index (χ2v) is 6.62. The van der Waals surface area contributed by atoms with Crippen LogP contribution in [0.25, 0.3) is 11.4 Å². The number of amides is 1. The third-order valence-electron chi connectivity index (χ3n) is 3.60. The van der Waals surface area contributed by atoms with Crippen LogP contribution in [0.5, 0.6) is 0 Å². The molecule has 0 saturated heterocycles. The number of nitrogens with one attached hydrogen (secondary N) is 2. The second-order valence-electron chi connectivity index (χ2n) is 6.21. The number of rotatable bonds is 5. The maximum Gasteiger partial charge on any atom is 0.270 e. The van der Waals surface area contributed by atoms with Crippen molar-refractivity contribution in [1.29, 1.82) is 0 Å². The van der Waals surface area contributed by atoms with Crippen molar-refractivity contribution in [2.24, 2.45) is 0 Å². The van der Waals surface area contributed by atoms with Gasteiger partial charge in [0.2, 0.25) is 0 Å². The van der Waals surface area contributed by atoms with Gasteiger partial charge in [0.15, 0.2) is 5.82 Å². The number of nitrogens with zero attached hydrogens (tertiary/aromatic N) is 2. The topological polar surface area (TPSA) is 66.9 Å². The van der Waals surface area contributed by atoms with Crippen molar-refractivity contribution in [2.75, 3.05) is 5.32 Å². The van der Waals surface area contributed by atoms with Crippen LogP contribution in [-0.2, 0) is 0 Å². The average Bonchev–Trinajstić information content (AvgIpc) is 2.65. The molecule has 7 heteroatoms. The van der Waals surface area contributed by atoms with Gasteiger partial charge in [0.25, 0.3) is 5.91 Å². The zero-order valence-electron chi connectivity index (χ0n) is 14.8. The van der Waals surface area contributed by atoms with Gasteiger partial charge >= 0.3 is 0 Å². The lowest BCUT2D eigenvalue weighted by molar-refractivity contribution is 0.0938. The lowest BCUT2D eigenvalue weighted by Crippen LogP contribution is -2.31. The molecule has 0 aliphatic heterocycles. The Morgan fingerprint density at radius 3 is 2.48 bits per heavy atom. The van der Waals surface area contributed by atoms with Crippen LogP contribution in [0, 0.1) is 5.82 Å². The van der Waals surface area contributed by atoms with E-state index in [0.717, 1.165) is 5.56 Å². The van der Waals surface area contributed by atoms with Gasteiger partial charge in [-0.2, -0.15) is 0 Å². The molecule has 0 radical (unpaired) electrons. The molecule has 138 valence electrons. The van der Waals surface area contributed by atoms with Crippen molar-refractivity contribution in [2.45, 2.75) is 19.9 Å². The Morgan fingerprint density at radius 1 is 1.07 bits per heavy atom. The molecule has 2 aromatic carbocycles. The van der Waals surface area contributed by atoms with E-state index >= 15 is 0 Å². The first-order valence-electron chi connectivity index (χ1n) is 8.40. The number of carbonyl (C=O) groups excluding carboxylic acids is 1. The standard InChI is InChI=1S/C20H18ClFN4O/c1-12(2)23-20(27)17-11-18(24-14-8-9-16(22)15(21)10-14)26-19(25-17)13-6-4-3-5-7-13/h3-12H,1-2H3,(H,23,27)(H,24,25,26). The van der Waals surface area contributed by atoms with E-state index in [1.54, 1.807) is 12.1 Å². The first-order valence-corrected chi connectivity index (χ1v) is 8.77. The third kappa shape index (κ3) is 4.80. The van der Waals surface area contributed by atoms with Crippen molar-refractivity contribution in [1.82, 2.24) is 15.3 Å². The smallest absolute Gasteiger partial charge is 0.270 e. The fourth-order valence-electron chi connectivity index (χ4n) is 2.40. The van der Waals surface area contributed by atoms with Crippen LogP contribution in [0.1, 0.15) is 24.3 Å². The molecule has 3 aromatic rings. The van der Waals surface area contributed by atoms with Crippen LogP contribution < -0.4 is 10.6 Å². The minimum atomic E-state index is -0.508. The van der Waals surface area contributed by atoms with E-state index in [4.69, 9.17) is 11.6 Å². The first kappa shape index (κ1) is 18.8. The molecule has 0 aliphatic rings. The predicted molar refractivity (Wildman–Crippen MR) is 105 cm³/mol. The van der Waals surface area contributed by atoms with Gasteiger partial charge in [-0.05, 0) is 32.0 Å². The second kappa shape index (κ2) is 8.14. The molecule has 1 heterocycles. The molecule has 0 aliphatic carbocycles. The summed E-state index contributed by atoms with van der Waals surface area (Å²) in [5, 5.41) is 5.86. The number of hydrogen-bond acceptors (Lipinski definition) is 4. The normalized spacial score (nSPS) is 10.7. The Bertz CT molecular complexity index is 963. The number of halogens is 2. The van der Waals surface area contributed by atoms with Gasteiger partial charge in [-0.1, -0.05) is 41.9 Å². The van der Waals surface area contributed by atoms with Crippen molar-refractivity contribution in [3.8, 4) is 11.4 Å². The Kier molecular flexibility index (Phi) is 5.66. The van der Waals surface area contributed by atoms with Crippen LogP contribution >= 0.6 is 11.6 Å². The Hall–Kier alpha value is -2.99. The fourth-order valence-corrected chi connectivity index (χ4v) is 2.58. The Morgan fingerprint density at radius 2 is 1.81 bits per heavy atom. The summed E-state index contributed by atoms with van der Waals surface area (Å²) in [6, 6.07) is 15.1. The lowest BCUT2D eigenvalue weighted by Gasteiger charge is -2.12. The summed E-state index contributed by atoms with van der Waals surface area (Å²) >= 11 is 5.83. The predicted octanol–water partition coefficient (Wildman–Crippen LogP) is 4.82. The van der Waals surface area contributed by atoms with Crippen molar-refractivity contribution >= 4 is 29.0 Å². The van der Waals surface area contributed by atoms with Gasteiger partial charge in [0, 0.05) is 23.4 Å². The maximum atomic E-state index is 13.4. The largest absolute Gasteiger partial charge is 0.349 e. The molecule has 27 heavy (non-hydrogen) atoms. The molecule has 0 bridgehead atoms. The number of hydrogen-bond donors (Lipinski definition) is 2. The highest BCUT2D eigenvalue weighted by molar-refractivity contribution is 6.31. The Balaban J connectivity index is 2.01. The molecule has 1 amide bonds. The molecule has 0 fully saturated rings. The van der Waals surface area contributed by atoms with Crippen LogP contribution in [0.2, 0.25) is 5.02 Å². The van der Waals surface area contributed by atoms with Crippen LogP contribution in [-0.4, -0.2) is 21.9 Å². The SMILES string of the molecule is CC(C)NC(=O)c1cc(Nc2ccc(F)c(Cl)c2)nc(-c2ccccc2)n1. The number of anilines is 2. The molecule has 2 N–H and O–H groups in total. The van der Waals surface area contributed by atoms with Crippen molar-refractivity contribution < 1.29 is 9.18 Å². The van der Waals surface area contributed by atoms with Gasteiger partial charge in [-0.25, -0.2) is 14.4 Å². The monoisotopic (exact) mass is 384 g/mol. The van der Waals surface area contributed by atoms with Gasteiger partial charge in [0.05, 0.1) is 5.02 Å². The molecule has 3 rings (SSSR count). The summed E-state index contributed by atoms with van der Waals surface area (Å²) in [7, 11) is 0. The third-order valence-corrected chi connectivity index (χ3v) is 3.89. The maximum absolute atomic E-state index is 13.4. The molecular formula is C20H18ClFN4O. The van der Waals surface area contributed by atoms with Crippen molar-refractivity contribution in [3.05, 3.63) is 71.1 Å². The van der Waals surface area contributed by atoms with Crippen LogP contribution in [0.3, 0.4) is 0 Å². The molecule has 1 aromatic heterocycles. The lowest BCUT2D eigenvalue weighted by atomic mass is 10.2. The summed E-state index contributed by atoms with van der Waals surface area (Å²) in [5.41, 5.74) is 1.56. The number of carbonyl (C=O) groups is 1. The zero-order valence-corrected chi connectivity index (χ0v) is 15.6. The van der Waals surface area contributed by atoms with Crippen LogP contribution in [0.4, 0.5) is 15.9 Å². The number of aromatic nitrogens is 2. The molecular weight excluding hydrogens is 367 g/mol. The summed E-state index contributed by atoms with van der Waals surface area (Å²) in [6.45, 7) is 3.74. The van der Waals surface area contributed by atoms with E-state index in [9.17, 15) is 9.18 Å². The zero-order chi connectivity index (χ0) is 19.4. The van der Waals surface area contributed by atoms with Crippen LogP contribution in [0.15, 0.2) is 54.6 Å². The average molecular weight is 385 g/mol. The molecule has 0 atom stereocenters. The molecule has 0 unspecified atom stereocenters. The van der Waals surface area contributed by atoms with E-state index in [2.05, 4.69) is 20.6 Å². The minimum Gasteiger partial charge on any atom is -0.349 e. The summed E-state index contributed by atoms with van der Waals surface area (Å²) in [4.78, 5) is 21.3. The Labute approximate surface area is 161 Å². The molecule has 0 saturated carbocycles. The summed E-state index contributed by atoms with van der Waals surface area (Å²) < 4.78 is 13.4. The van der Waals surface area contributed by atoms with E-state index in [0.29, 0.717) is 17.3 Å². The highest BCUT2D eigenvalue weighted by Crippen LogP contribution is 2.24. The van der Waals surface area contributed by atoms with Gasteiger partial charge in [-0.3, -0.25) is 4.79 Å². The van der Waals surface area contributed by atoms with Gasteiger partial charge < -0.3 is 10.6 Å². The van der Waals surface area contributed by atoms with Gasteiger partial charge in [0.1, 0.15) is 17.3 Å². The van der Waals surface area contributed by atoms with Gasteiger partial charge in [-0.15, -0.1) is 0 Å². The van der Waals surface area contributed by atoms with E-state index in [1.165, 1.54) is 12.1 Å². The van der Waals surface area contributed by atoms with E-state index < -0.39 is 5.82 Å². The summed E-state index contributed by atoms with van der Waals surface area (Å²) in [6.07, 6.45) is 0. The van der Waals surface area contributed by atoms with E-state index in [1.807, 2.05) is 44.2 Å². The summed E-state index contributed by atoms with van der Waals surface area (Å²) in [5.74, 6) is -0.000188. The molecule has 5 nitrogen and oxygen atoms in total. The molecule has 0 spiro atoms. The quantitative estimate of drug-likeness (QED) is 0.662. The first-order chi connectivity index (χ1) is 12.9. The number of benzene rings is 2. The van der Waals surface area contributed by atoms with Crippen molar-refractivity contribution in [3.63, 3.8) is 0 Å². The van der Waals surface area contributed by atoms with E-state index in [-0.39, 0.29) is 22.7 Å². The highest BCUT2D eigenvalue weighted by Gasteiger charge is 2.14. The minimum absolute atomic E-state index is 0.00452. The highest BCUT2D eigenvalue weighted by atomic mass is 35.5. The fraction of sp³-hybridized carbons (Fsp3) is 0.150.